The molecule has 0 unspecified atom stereocenters. The second kappa shape index (κ2) is 7.32. The summed E-state index contributed by atoms with van der Waals surface area (Å²) in [6.07, 6.45) is 0. The average molecular weight is 423 g/mol. The molecular formula is C18H15ClN2O4S2. The number of anilines is 1. The van der Waals surface area contributed by atoms with Gasteiger partial charge in [0.2, 0.25) is 10.0 Å². The Labute approximate surface area is 162 Å². The van der Waals surface area contributed by atoms with E-state index in [9.17, 15) is 16.8 Å². The minimum Gasteiger partial charge on any atom is -0.280 e. The minimum atomic E-state index is -3.93. The number of halogens is 1. The molecule has 0 saturated heterocycles. The van der Waals surface area contributed by atoms with E-state index in [4.69, 9.17) is 16.7 Å². The normalized spacial score (nSPS) is 11.9. The summed E-state index contributed by atoms with van der Waals surface area (Å²) < 4.78 is 50.3. The number of hydrogen-bond acceptors (Lipinski definition) is 4. The van der Waals surface area contributed by atoms with E-state index in [0.717, 1.165) is 17.2 Å². The van der Waals surface area contributed by atoms with Crippen LogP contribution in [0.5, 0.6) is 0 Å². The molecule has 27 heavy (non-hydrogen) atoms. The Morgan fingerprint density at radius 2 is 1.44 bits per heavy atom. The number of hydrogen-bond donors (Lipinski definition) is 2. The summed E-state index contributed by atoms with van der Waals surface area (Å²) in [6.45, 7) is 0. The molecule has 0 bridgehead atoms. The van der Waals surface area contributed by atoms with Gasteiger partial charge in [-0.15, -0.1) is 0 Å². The molecule has 0 aromatic heterocycles. The van der Waals surface area contributed by atoms with Crippen LogP contribution in [0.2, 0.25) is 5.02 Å². The van der Waals surface area contributed by atoms with Crippen molar-refractivity contribution < 1.29 is 16.8 Å². The summed E-state index contributed by atoms with van der Waals surface area (Å²) in [7, 11) is -7.84. The van der Waals surface area contributed by atoms with Gasteiger partial charge in [0.05, 0.1) is 15.5 Å². The molecule has 140 valence electrons. The minimum absolute atomic E-state index is 0.0271. The topological polar surface area (TPSA) is 106 Å². The van der Waals surface area contributed by atoms with Crippen molar-refractivity contribution in [1.82, 2.24) is 0 Å². The molecule has 0 spiro atoms. The molecule has 0 aliphatic carbocycles. The highest BCUT2D eigenvalue weighted by Gasteiger charge is 2.16. The standard InChI is InChI=1S/C18H15ClN2O4S2/c19-18-7-2-1-6-17(18)13-8-10-15(11-9-13)27(24,25)21-14-4-3-5-16(12-14)26(20,22)23/h1-12,21H,(H2,20,22,23). The van der Waals surface area contributed by atoms with E-state index in [1.54, 1.807) is 18.2 Å². The smallest absolute Gasteiger partial charge is 0.261 e. The lowest BCUT2D eigenvalue weighted by atomic mass is 10.1. The van der Waals surface area contributed by atoms with Gasteiger partial charge in [0.1, 0.15) is 0 Å². The van der Waals surface area contributed by atoms with Gasteiger partial charge < -0.3 is 0 Å². The average Bonchev–Trinajstić information content (AvgIpc) is 2.61. The lowest BCUT2D eigenvalue weighted by Gasteiger charge is -2.10. The molecular weight excluding hydrogens is 408 g/mol. The first-order valence-electron chi connectivity index (χ1n) is 7.67. The van der Waals surface area contributed by atoms with Crippen LogP contribution >= 0.6 is 11.6 Å². The van der Waals surface area contributed by atoms with Gasteiger partial charge in [-0.05, 0) is 42.0 Å². The molecule has 6 nitrogen and oxygen atoms in total. The Bertz CT molecular complexity index is 1190. The fourth-order valence-corrected chi connectivity index (χ4v) is 4.31. The van der Waals surface area contributed by atoms with Gasteiger partial charge in [0.25, 0.3) is 10.0 Å². The number of nitrogens with two attached hydrogens (primary N) is 1. The molecule has 0 radical (unpaired) electrons. The lowest BCUT2D eigenvalue weighted by Crippen LogP contribution is -2.15. The zero-order valence-corrected chi connectivity index (χ0v) is 16.2. The first-order chi connectivity index (χ1) is 12.7. The number of primary sulfonamides is 1. The van der Waals surface area contributed by atoms with Gasteiger partial charge in [-0.2, -0.15) is 0 Å². The summed E-state index contributed by atoms with van der Waals surface area (Å²) in [5.74, 6) is 0. The van der Waals surface area contributed by atoms with Crippen LogP contribution in [0, 0.1) is 0 Å². The Balaban J connectivity index is 1.89. The molecule has 9 heteroatoms. The van der Waals surface area contributed by atoms with Gasteiger partial charge >= 0.3 is 0 Å². The molecule has 0 atom stereocenters. The van der Waals surface area contributed by atoms with Crippen molar-refractivity contribution >= 4 is 37.3 Å². The Morgan fingerprint density at radius 3 is 2.07 bits per heavy atom. The van der Waals surface area contributed by atoms with E-state index in [1.165, 1.54) is 30.3 Å². The maximum atomic E-state index is 12.6. The van der Waals surface area contributed by atoms with E-state index in [1.807, 2.05) is 18.2 Å². The van der Waals surface area contributed by atoms with Crippen molar-refractivity contribution in [3.8, 4) is 11.1 Å². The molecule has 3 aromatic carbocycles. The summed E-state index contributed by atoms with van der Waals surface area (Å²) in [4.78, 5) is -0.156. The van der Waals surface area contributed by atoms with Crippen LogP contribution < -0.4 is 9.86 Å². The molecule has 0 fully saturated rings. The second-order valence-electron chi connectivity index (χ2n) is 5.68. The highest BCUT2D eigenvalue weighted by Crippen LogP contribution is 2.28. The Hall–Kier alpha value is -2.39. The lowest BCUT2D eigenvalue weighted by molar-refractivity contribution is 0.596. The van der Waals surface area contributed by atoms with Crippen molar-refractivity contribution in [2.24, 2.45) is 5.14 Å². The van der Waals surface area contributed by atoms with Crippen LogP contribution in [0.15, 0.2) is 82.6 Å². The first-order valence-corrected chi connectivity index (χ1v) is 11.1. The number of benzene rings is 3. The van der Waals surface area contributed by atoms with E-state index in [2.05, 4.69) is 4.72 Å². The van der Waals surface area contributed by atoms with Crippen molar-refractivity contribution in [3.63, 3.8) is 0 Å². The van der Waals surface area contributed by atoms with Crippen LogP contribution in [0.4, 0.5) is 5.69 Å². The van der Waals surface area contributed by atoms with Crippen molar-refractivity contribution in [2.75, 3.05) is 4.72 Å². The van der Waals surface area contributed by atoms with Crippen molar-refractivity contribution in [1.29, 1.82) is 0 Å². The van der Waals surface area contributed by atoms with Crippen LogP contribution in [0.3, 0.4) is 0 Å². The van der Waals surface area contributed by atoms with Crippen LogP contribution in [-0.2, 0) is 20.0 Å². The van der Waals surface area contributed by atoms with E-state index in [0.29, 0.717) is 5.02 Å². The SMILES string of the molecule is NS(=O)(=O)c1cccc(NS(=O)(=O)c2ccc(-c3ccccc3Cl)cc2)c1. The van der Waals surface area contributed by atoms with Gasteiger partial charge in [0, 0.05) is 10.6 Å². The Morgan fingerprint density at radius 1 is 0.778 bits per heavy atom. The quantitative estimate of drug-likeness (QED) is 0.656. The summed E-state index contributed by atoms with van der Waals surface area (Å²) in [5, 5.41) is 5.63. The van der Waals surface area contributed by atoms with Crippen LogP contribution in [0.1, 0.15) is 0 Å². The fourth-order valence-electron chi connectivity index (χ4n) is 2.46. The van der Waals surface area contributed by atoms with E-state index >= 15 is 0 Å². The third-order valence-electron chi connectivity index (χ3n) is 3.76. The largest absolute Gasteiger partial charge is 0.280 e. The van der Waals surface area contributed by atoms with Gasteiger partial charge in [-0.3, -0.25) is 4.72 Å². The zero-order chi connectivity index (χ0) is 19.7. The highest BCUT2D eigenvalue weighted by molar-refractivity contribution is 7.92. The number of rotatable bonds is 5. The number of nitrogens with one attached hydrogen (secondary N) is 1. The van der Waals surface area contributed by atoms with E-state index < -0.39 is 20.0 Å². The van der Waals surface area contributed by atoms with E-state index in [-0.39, 0.29) is 15.5 Å². The van der Waals surface area contributed by atoms with Crippen LogP contribution in [-0.4, -0.2) is 16.8 Å². The molecule has 3 rings (SSSR count). The predicted octanol–water partition coefficient (Wildman–Crippen LogP) is 3.46. The van der Waals surface area contributed by atoms with Crippen molar-refractivity contribution in [3.05, 3.63) is 77.8 Å². The highest BCUT2D eigenvalue weighted by atomic mass is 35.5. The third-order valence-corrected chi connectivity index (χ3v) is 6.40. The fraction of sp³-hybridized carbons (Fsp3) is 0. The number of sulfonamides is 2. The van der Waals surface area contributed by atoms with Crippen molar-refractivity contribution in [2.45, 2.75) is 9.79 Å². The molecule has 0 aliphatic heterocycles. The van der Waals surface area contributed by atoms with Gasteiger partial charge in [-0.1, -0.05) is 48.0 Å². The maximum absolute atomic E-state index is 12.6. The summed E-state index contributed by atoms with van der Waals surface area (Å²) in [5.41, 5.74) is 1.66. The monoisotopic (exact) mass is 422 g/mol. The third kappa shape index (κ3) is 4.48. The van der Waals surface area contributed by atoms with Crippen LogP contribution in [0.25, 0.3) is 11.1 Å². The zero-order valence-electron chi connectivity index (χ0n) is 13.8. The molecule has 0 saturated carbocycles. The molecule has 0 aliphatic rings. The van der Waals surface area contributed by atoms with Gasteiger partial charge in [0.15, 0.2) is 0 Å². The predicted molar refractivity (Wildman–Crippen MR) is 106 cm³/mol. The summed E-state index contributed by atoms with van der Waals surface area (Å²) >= 11 is 6.16. The molecule has 0 heterocycles. The first kappa shape index (κ1) is 19.4. The molecule has 3 N–H and O–H groups in total. The maximum Gasteiger partial charge on any atom is 0.261 e. The Kier molecular flexibility index (Phi) is 5.25. The second-order valence-corrected chi connectivity index (χ2v) is 9.33. The van der Waals surface area contributed by atoms with Gasteiger partial charge in [-0.25, -0.2) is 22.0 Å². The molecule has 3 aromatic rings. The molecule has 0 amide bonds. The summed E-state index contributed by atoms with van der Waals surface area (Å²) in [6, 6.07) is 18.7.